The van der Waals surface area contributed by atoms with Gasteiger partial charge in [-0.15, -0.1) is 0 Å². The molecule has 2 heterocycles. The van der Waals surface area contributed by atoms with Crippen molar-refractivity contribution < 1.29 is 14.9 Å². The summed E-state index contributed by atoms with van der Waals surface area (Å²) in [5, 5.41) is 22.7. The maximum Gasteiger partial charge on any atom is 0.312 e. The van der Waals surface area contributed by atoms with Gasteiger partial charge in [0.2, 0.25) is 5.82 Å². The van der Waals surface area contributed by atoms with Crippen molar-refractivity contribution in [2.24, 2.45) is 10.9 Å². The van der Waals surface area contributed by atoms with E-state index in [9.17, 15) is 10.1 Å². The number of rotatable bonds is 3. The molecule has 1 aromatic heterocycles. The summed E-state index contributed by atoms with van der Waals surface area (Å²) in [6.07, 6.45) is 2.09. The molecule has 9 nitrogen and oxygen atoms in total. The number of hydrogen-bond acceptors (Lipinski definition) is 7. The third kappa shape index (κ3) is 3.37. The average Bonchev–Trinajstić information content (AvgIpc) is 2.70. The number of anilines is 1. The minimum atomic E-state index is -0.521. The van der Waals surface area contributed by atoms with E-state index in [0.29, 0.717) is 19.7 Å². The van der Waals surface area contributed by atoms with Crippen LogP contribution in [0.15, 0.2) is 17.4 Å². The van der Waals surface area contributed by atoms with E-state index >= 15 is 0 Å². The van der Waals surface area contributed by atoms with Gasteiger partial charge < -0.3 is 20.6 Å². The summed E-state index contributed by atoms with van der Waals surface area (Å²) < 4.78 is 5.52. The molecule has 1 aliphatic rings. The second-order valence-electron chi connectivity index (χ2n) is 4.79. The van der Waals surface area contributed by atoms with Crippen LogP contribution >= 0.6 is 0 Å². The van der Waals surface area contributed by atoms with Crippen molar-refractivity contribution in [1.29, 1.82) is 0 Å². The van der Waals surface area contributed by atoms with Gasteiger partial charge in [-0.1, -0.05) is 5.16 Å². The molecular formula is C12H17N5O4. The van der Waals surface area contributed by atoms with Gasteiger partial charge in [-0.3, -0.25) is 10.1 Å². The molecule has 0 saturated carbocycles. The van der Waals surface area contributed by atoms with Crippen LogP contribution in [-0.4, -0.2) is 46.8 Å². The highest BCUT2D eigenvalue weighted by Crippen LogP contribution is 2.27. The summed E-state index contributed by atoms with van der Waals surface area (Å²) in [5.41, 5.74) is 5.47. The fourth-order valence-corrected chi connectivity index (χ4v) is 2.21. The first-order valence-electron chi connectivity index (χ1n) is 6.51. The van der Waals surface area contributed by atoms with Crippen LogP contribution in [0.5, 0.6) is 0 Å². The molecule has 2 rings (SSSR count). The molecule has 1 aromatic rings. The lowest BCUT2D eigenvalue weighted by molar-refractivity contribution is -0.384. The predicted octanol–water partition coefficient (Wildman–Crippen LogP) is 0.699. The average molecular weight is 295 g/mol. The zero-order valence-electron chi connectivity index (χ0n) is 11.6. The molecule has 0 aliphatic carbocycles. The van der Waals surface area contributed by atoms with Crippen molar-refractivity contribution in [2.75, 3.05) is 24.6 Å². The van der Waals surface area contributed by atoms with Crippen molar-refractivity contribution in [3.63, 3.8) is 0 Å². The quantitative estimate of drug-likeness (QED) is 0.276. The van der Waals surface area contributed by atoms with Crippen molar-refractivity contribution >= 4 is 17.3 Å². The Bertz CT molecular complexity index is 563. The number of nitrogens with two attached hydrogens (primary N) is 1. The van der Waals surface area contributed by atoms with E-state index in [2.05, 4.69) is 10.1 Å². The zero-order chi connectivity index (χ0) is 15.4. The van der Waals surface area contributed by atoms with Gasteiger partial charge in [0.15, 0.2) is 5.84 Å². The molecule has 21 heavy (non-hydrogen) atoms. The minimum Gasteiger partial charge on any atom is -0.409 e. The Labute approximate surface area is 121 Å². The number of aromatic nitrogens is 1. The molecule has 0 radical (unpaired) electrons. The second kappa shape index (κ2) is 6.35. The third-order valence-electron chi connectivity index (χ3n) is 3.20. The summed E-state index contributed by atoms with van der Waals surface area (Å²) in [6.45, 7) is 3.68. The fourth-order valence-electron chi connectivity index (χ4n) is 2.21. The van der Waals surface area contributed by atoms with E-state index < -0.39 is 4.92 Å². The standard InChI is InChI=1S/C12H17N5O4/c1-8-7-16(3-2-4-21-8)12-10(17(19)20)5-9(6-14-12)11(13)15-18/h5-6,8,18H,2-4,7H2,1H3,(H2,13,15). The van der Waals surface area contributed by atoms with Crippen LogP contribution in [0.4, 0.5) is 11.5 Å². The number of nitro groups is 1. The highest BCUT2D eigenvalue weighted by atomic mass is 16.6. The van der Waals surface area contributed by atoms with Crippen molar-refractivity contribution in [3.8, 4) is 0 Å². The van der Waals surface area contributed by atoms with Gasteiger partial charge in [0.1, 0.15) is 0 Å². The van der Waals surface area contributed by atoms with Gasteiger partial charge in [0.05, 0.1) is 11.0 Å². The van der Waals surface area contributed by atoms with Gasteiger partial charge in [-0.05, 0) is 13.3 Å². The molecule has 1 atom stereocenters. The Balaban J connectivity index is 2.40. The van der Waals surface area contributed by atoms with Crippen LogP contribution in [-0.2, 0) is 4.74 Å². The summed E-state index contributed by atoms with van der Waals surface area (Å²) in [5.74, 6) is 0.0524. The molecule has 1 fully saturated rings. The van der Waals surface area contributed by atoms with Crippen LogP contribution in [0.3, 0.4) is 0 Å². The van der Waals surface area contributed by atoms with E-state index in [1.807, 2.05) is 11.8 Å². The number of amidine groups is 1. The van der Waals surface area contributed by atoms with Gasteiger partial charge in [0, 0.05) is 37.5 Å². The van der Waals surface area contributed by atoms with E-state index in [0.717, 1.165) is 6.42 Å². The highest BCUT2D eigenvalue weighted by molar-refractivity contribution is 5.97. The van der Waals surface area contributed by atoms with Gasteiger partial charge in [0.25, 0.3) is 0 Å². The maximum atomic E-state index is 11.3. The Hall–Kier alpha value is -2.42. The summed E-state index contributed by atoms with van der Waals surface area (Å²) >= 11 is 0. The lowest BCUT2D eigenvalue weighted by Gasteiger charge is -2.22. The predicted molar refractivity (Wildman–Crippen MR) is 75.6 cm³/mol. The lowest BCUT2D eigenvalue weighted by atomic mass is 10.2. The van der Waals surface area contributed by atoms with E-state index in [1.165, 1.54) is 12.3 Å². The molecule has 1 saturated heterocycles. The zero-order valence-corrected chi connectivity index (χ0v) is 11.6. The highest BCUT2D eigenvalue weighted by Gasteiger charge is 2.25. The number of pyridine rings is 1. The van der Waals surface area contributed by atoms with E-state index in [-0.39, 0.29) is 29.0 Å². The second-order valence-corrected chi connectivity index (χ2v) is 4.79. The van der Waals surface area contributed by atoms with Crippen LogP contribution in [0.1, 0.15) is 18.9 Å². The van der Waals surface area contributed by atoms with Gasteiger partial charge >= 0.3 is 5.69 Å². The van der Waals surface area contributed by atoms with Crippen LogP contribution in [0.25, 0.3) is 0 Å². The molecule has 1 unspecified atom stereocenters. The molecule has 0 amide bonds. The molecule has 0 aromatic carbocycles. The van der Waals surface area contributed by atoms with E-state index in [4.69, 9.17) is 15.7 Å². The number of ether oxygens (including phenoxy) is 1. The van der Waals surface area contributed by atoms with Crippen LogP contribution in [0, 0.1) is 10.1 Å². The van der Waals surface area contributed by atoms with E-state index in [1.54, 1.807) is 0 Å². The minimum absolute atomic E-state index is 0.0299. The molecule has 9 heteroatoms. The Kier molecular flexibility index (Phi) is 4.53. The maximum absolute atomic E-state index is 11.3. The first kappa shape index (κ1) is 15.0. The van der Waals surface area contributed by atoms with Gasteiger partial charge in [-0.2, -0.15) is 0 Å². The molecule has 0 bridgehead atoms. The van der Waals surface area contributed by atoms with Gasteiger partial charge in [-0.25, -0.2) is 4.98 Å². The summed E-state index contributed by atoms with van der Waals surface area (Å²) in [4.78, 5) is 16.7. The fraction of sp³-hybridized carbons (Fsp3) is 0.500. The lowest BCUT2D eigenvalue weighted by Crippen LogP contribution is -2.31. The molecular weight excluding hydrogens is 278 g/mol. The van der Waals surface area contributed by atoms with Crippen molar-refractivity contribution in [1.82, 2.24) is 4.98 Å². The first-order chi connectivity index (χ1) is 10.0. The van der Waals surface area contributed by atoms with Crippen LogP contribution < -0.4 is 10.6 Å². The smallest absolute Gasteiger partial charge is 0.312 e. The molecule has 1 aliphatic heterocycles. The Morgan fingerprint density at radius 3 is 3.14 bits per heavy atom. The Morgan fingerprint density at radius 1 is 1.71 bits per heavy atom. The van der Waals surface area contributed by atoms with Crippen molar-refractivity contribution in [2.45, 2.75) is 19.4 Å². The monoisotopic (exact) mass is 295 g/mol. The number of nitrogens with zero attached hydrogens (tertiary/aromatic N) is 4. The molecule has 114 valence electrons. The molecule has 3 N–H and O–H groups in total. The van der Waals surface area contributed by atoms with Crippen molar-refractivity contribution in [3.05, 3.63) is 27.9 Å². The SMILES string of the molecule is CC1CN(c2ncc(C(N)=NO)cc2[N+](=O)[O-])CCCO1. The third-order valence-corrected chi connectivity index (χ3v) is 3.20. The Morgan fingerprint density at radius 2 is 2.48 bits per heavy atom. The number of oxime groups is 1. The summed E-state index contributed by atoms with van der Waals surface area (Å²) in [7, 11) is 0. The topological polar surface area (TPSA) is 127 Å². The number of hydrogen-bond donors (Lipinski definition) is 2. The largest absolute Gasteiger partial charge is 0.409 e. The summed E-state index contributed by atoms with van der Waals surface area (Å²) in [6, 6.07) is 1.26. The molecule has 0 spiro atoms. The first-order valence-corrected chi connectivity index (χ1v) is 6.51. The van der Waals surface area contributed by atoms with Crippen LogP contribution in [0.2, 0.25) is 0 Å². The normalized spacial score (nSPS) is 20.1.